The van der Waals surface area contributed by atoms with Crippen LogP contribution in [0.15, 0.2) is 48.5 Å². The van der Waals surface area contributed by atoms with E-state index in [0.717, 1.165) is 0 Å². The van der Waals surface area contributed by atoms with Crippen LogP contribution >= 0.6 is 0 Å². The molecule has 8 heteroatoms. The fourth-order valence-corrected chi connectivity index (χ4v) is 3.11. The standard InChI is InChI=1S/C20H16N4O4/c1-2-28-20(27)15-16-18(23-14-9-4-3-8-13(14)22-16)24(17(15)21)12-7-5-6-11(10-12)19(25)26/h3-10H,2,21H2,1H3,(H,25,26). The number of nitrogens with zero attached hydrogens (tertiary/aromatic N) is 3. The lowest BCUT2D eigenvalue weighted by Crippen LogP contribution is -2.09. The number of anilines is 1. The molecule has 0 spiro atoms. The van der Waals surface area contributed by atoms with E-state index in [-0.39, 0.29) is 23.6 Å². The molecule has 0 saturated heterocycles. The maximum absolute atomic E-state index is 12.6. The Morgan fingerprint density at radius 2 is 1.82 bits per heavy atom. The lowest BCUT2D eigenvalue weighted by atomic mass is 10.2. The second-order valence-corrected chi connectivity index (χ2v) is 6.06. The van der Waals surface area contributed by atoms with E-state index in [2.05, 4.69) is 9.97 Å². The highest BCUT2D eigenvalue weighted by Gasteiger charge is 2.26. The number of rotatable bonds is 4. The number of nitrogens with two attached hydrogens (primary N) is 1. The van der Waals surface area contributed by atoms with Crippen LogP contribution in [0.2, 0.25) is 0 Å². The van der Waals surface area contributed by atoms with E-state index < -0.39 is 11.9 Å². The van der Waals surface area contributed by atoms with Crippen molar-refractivity contribution in [3.05, 3.63) is 59.7 Å². The maximum Gasteiger partial charge on any atom is 0.344 e. The van der Waals surface area contributed by atoms with Gasteiger partial charge in [0.2, 0.25) is 0 Å². The maximum atomic E-state index is 12.6. The number of carbonyl (C=O) groups excluding carboxylic acids is 1. The molecule has 4 rings (SSSR count). The SMILES string of the molecule is CCOC(=O)c1c(N)n(-c2cccc(C(=O)O)c2)c2nc3ccccc3nc12. The molecule has 0 aliphatic heterocycles. The van der Waals surface area contributed by atoms with E-state index in [1.807, 2.05) is 12.1 Å². The second-order valence-electron chi connectivity index (χ2n) is 6.06. The highest BCUT2D eigenvalue weighted by Crippen LogP contribution is 2.31. The van der Waals surface area contributed by atoms with Crippen LogP contribution in [0.1, 0.15) is 27.6 Å². The molecule has 3 N–H and O–H groups in total. The normalized spacial score (nSPS) is 11.0. The summed E-state index contributed by atoms with van der Waals surface area (Å²) >= 11 is 0. The summed E-state index contributed by atoms with van der Waals surface area (Å²) in [6, 6.07) is 13.5. The molecule has 0 atom stereocenters. The minimum atomic E-state index is -1.07. The van der Waals surface area contributed by atoms with E-state index >= 15 is 0 Å². The first-order chi connectivity index (χ1) is 13.5. The Bertz CT molecular complexity index is 1250. The summed E-state index contributed by atoms with van der Waals surface area (Å²) < 4.78 is 6.67. The van der Waals surface area contributed by atoms with Crippen molar-refractivity contribution in [2.45, 2.75) is 6.92 Å². The van der Waals surface area contributed by atoms with Crippen molar-refractivity contribution in [1.29, 1.82) is 0 Å². The molecule has 0 fully saturated rings. The van der Waals surface area contributed by atoms with E-state index in [9.17, 15) is 14.7 Å². The highest BCUT2D eigenvalue weighted by atomic mass is 16.5. The van der Waals surface area contributed by atoms with Gasteiger partial charge in [0.15, 0.2) is 5.65 Å². The summed E-state index contributed by atoms with van der Waals surface area (Å²) in [6.07, 6.45) is 0. The van der Waals surface area contributed by atoms with Gasteiger partial charge in [-0.25, -0.2) is 19.6 Å². The molecular weight excluding hydrogens is 360 g/mol. The van der Waals surface area contributed by atoms with Crippen LogP contribution in [0.5, 0.6) is 0 Å². The zero-order valence-corrected chi connectivity index (χ0v) is 14.9. The Morgan fingerprint density at radius 1 is 1.11 bits per heavy atom. The second kappa shape index (κ2) is 6.66. The first-order valence-corrected chi connectivity index (χ1v) is 8.58. The van der Waals surface area contributed by atoms with Crippen molar-refractivity contribution < 1.29 is 19.4 Å². The van der Waals surface area contributed by atoms with Gasteiger partial charge in [-0.1, -0.05) is 18.2 Å². The molecule has 2 heterocycles. The largest absolute Gasteiger partial charge is 0.478 e. The zero-order valence-electron chi connectivity index (χ0n) is 14.9. The lowest BCUT2D eigenvalue weighted by Gasteiger charge is -2.09. The average Bonchev–Trinajstić information content (AvgIpc) is 2.97. The van der Waals surface area contributed by atoms with Crippen LogP contribution in [-0.4, -0.2) is 38.2 Å². The van der Waals surface area contributed by atoms with Gasteiger partial charge >= 0.3 is 11.9 Å². The van der Waals surface area contributed by atoms with Crippen molar-refractivity contribution in [3.63, 3.8) is 0 Å². The number of ether oxygens (including phenoxy) is 1. The van der Waals surface area contributed by atoms with Gasteiger partial charge in [-0.15, -0.1) is 0 Å². The van der Waals surface area contributed by atoms with Crippen molar-refractivity contribution in [3.8, 4) is 5.69 Å². The molecule has 4 aromatic rings. The Balaban J connectivity index is 2.09. The predicted molar refractivity (Wildman–Crippen MR) is 104 cm³/mol. The quantitative estimate of drug-likeness (QED) is 0.525. The molecule has 8 nitrogen and oxygen atoms in total. The van der Waals surface area contributed by atoms with Crippen molar-refractivity contribution in [2.75, 3.05) is 12.3 Å². The van der Waals surface area contributed by atoms with Crippen LogP contribution in [0.4, 0.5) is 5.82 Å². The minimum Gasteiger partial charge on any atom is -0.478 e. The third-order valence-electron chi connectivity index (χ3n) is 4.33. The van der Waals surface area contributed by atoms with Gasteiger partial charge in [0, 0.05) is 5.69 Å². The molecule has 0 bridgehead atoms. The topological polar surface area (TPSA) is 120 Å². The molecule has 0 aliphatic rings. The van der Waals surface area contributed by atoms with Gasteiger partial charge in [0.05, 0.1) is 23.2 Å². The van der Waals surface area contributed by atoms with Gasteiger partial charge in [0.25, 0.3) is 0 Å². The van der Waals surface area contributed by atoms with Gasteiger partial charge in [-0.05, 0) is 37.3 Å². The Labute approximate surface area is 159 Å². The van der Waals surface area contributed by atoms with E-state index in [0.29, 0.717) is 27.9 Å². The molecular formula is C20H16N4O4. The number of para-hydroxylation sites is 2. The number of hydrogen-bond donors (Lipinski definition) is 2. The summed E-state index contributed by atoms with van der Waals surface area (Å²) in [5.74, 6) is -1.59. The third kappa shape index (κ3) is 2.71. The van der Waals surface area contributed by atoms with Crippen molar-refractivity contribution in [2.24, 2.45) is 0 Å². The van der Waals surface area contributed by atoms with Crippen LogP contribution in [0, 0.1) is 0 Å². The Hall–Kier alpha value is -3.94. The first kappa shape index (κ1) is 17.5. The van der Waals surface area contributed by atoms with Crippen LogP contribution in [0.3, 0.4) is 0 Å². The molecule has 0 aliphatic carbocycles. The van der Waals surface area contributed by atoms with Crippen LogP contribution in [0.25, 0.3) is 27.9 Å². The number of carboxylic acid groups (broad SMARTS) is 1. The first-order valence-electron chi connectivity index (χ1n) is 8.58. The van der Waals surface area contributed by atoms with Crippen LogP contribution < -0.4 is 5.73 Å². The zero-order chi connectivity index (χ0) is 19.8. The number of aromatic carboxylic acids is 1. The van der Waals surface area contributed by atoms with E-state index in [1.54, 1.807) is 31.2 Å². The summed E-state index contributed by atoms with van der Waals surface area (Å²) in [6.45, 7) is 1.88. The third-order valence-corrected chi connectivity index (χ3v) is 4.33. The molecule has 28 heavy (non-hydrogen) atoms. The molecule has 0 saturated carbocycles. The molecule has 0 unspecified atom stereocenters. The lowest BCUT2D eigenvalue weighted by molar-refractivity contribution is 0.0529. The molecule has 0 amide bonds. The van der Waals surface area contributed by atoms with Gasteiger partial charge < -0.3 is 15.6 Å². The van der Waals surface area contributed by atoms with Gasteiger partial charge in [0.1, 0.15) is 16.9 Å². The number of carbonyl (C=O) groups is 2. The van der Waals surface area contributed by atoms with Gasteiger partial charge in [-0.3, -0.25) is 4.57 Å². The number of esters is 1. The number of hydrogen-bond acceptors (Lipinski definition) is 6. The fourth-order valence-electron chi connectivity index (χ4n) is 3.11. The number of aromatic nitrogens is 3. The van der Waals surface area contributed by atoms with E-state index in [1.165, 1.54) is 16.7 Å². The fraction of sp³-hybridized carbons (Fsp3) is 0.100. The smallest absolute Gasteiger partial charge is 0.344 e. The predicted octanol–water partition coefficient (Wildman–Crippen LogP) is 3.03. The summed E-state index contributed by atoms with van der Waals surface area (Å²) in [5, 5.41) is 9.30. The van der Waals surface area contributed by atoms with Gasteiger partial charge in [-0.2, -0.15) is 0 Å². The Kier molecular flexibility index (Phi) is 4.15. The Morgan fingerprint density at radius 3 is 2.50 bits per heavy atom. The monoisotopic (exact) mass is 376 g/mol. The van der Waals surface area contributed by atoms with Crippen LogP contribution in [-0.2, 0) is 4.74 Å². The van der Waals surface area contributed by atoms with E-state index in [4.69, 9.17) is 10.5 Å². The minimum absolute atomic E-state index is 0.0881. The summed E-state index contributed by atoms with van der Waals surface area (Å²) in [7, 11) is 0. The summed E-state index contributed by atoms with van der Waals surface area (Å²) in [4.78, 5) is 33.1. The summed E-state index contributed by atoms with van der Waals surface area (Å²) in [5.41, 5.74) is 8.84. The molecule has 140 valence electrons. The van der Waals surface area contributed by atoms with Crippen molar-refractivity contribution in [1.82, 2.24) is 14.5 Å². The molecule has 0 radical (unpaired) electrons. The number of carboxylic acids is 1. The molecule has 2 aromatic heterocycles. The number of nitrogen functional groups attached to an aromatic ring is 1. The number of benzene rings is 2. The number of fused-ring (bicyclic) bond motifs is 2. The average molecular weight is 376 g/mol. The molecule has 2 aromatic carbocycles. The van der Waals surface area contributed by atoms with Crippen molar-refractivity contribution >= 4 is 40.0 Å². The highest BCUT2D eigenvalue weighted by molar-refractivity contribution is 6.09.